The van der Waals surface area contributed by atoms with Crippen molar-refractivity contribution in [2.75, 3.05) is 34.5 Å². The number of aliphatic hydroxyl groups excluding tert-OH is 3. The van der Waals surface area contributed by atoms with Crippen LogP contribution < -0.4 is 0 Å². The van der Waals surface area contributed by atoms with E-state index in [4.69, 9.17) is 20.1 Å². The molecule has 0 radical (unpaired) electrons. The van der Waals surface area contributed by atoms with Gasteiger partial charge in [-0.2, -0.15) is 6.42 Å². The Bertz CT molecular complexity index is 54.1. The van der Waals surface area contributed by atoms with Gasteiger partial charge in [-0.25, -0.2) is 0 Å². The Morgan fingerprint density at radius 3 is 1.71 bits per heavy atom. The van der Waals surface area contributed by atoms with Gasteiger partial charge in [0, 0.05) is 49.7 Å². The predicted octanol–water partition coefficient (Wildman–Crippen LogP) is 0.236. The summed E-state index contributed by atoms with van der Waals surface area (Å²) in [6, 6.07) is 0. The normalized spacial score (nSPS) is 5.64. The summed E-state index contributed by atoms with van der Waals surface area (Å²) >= 11 is 0. The molecule has 0 unspecified atom stereocenters. The van der Waals surface area contributed by atoms with E-state index in [0.29, 0.717) is 6.61 Å². The molecule has 0 saturated carbocycles. The largest absolute Gasteiger partial charge is 0.400 e. The van der Waals surface area contributed by atoms with Crippen LogP contribution in [0.2, 0.25) is 0 Å². The topological polar surface area (TPSA) is 69.9 Å². The molecule has 0 fully saturated rings. The van der Waals surface area contributed by atoms with Crippen molar-refractivity contribution in [1.29, 1.82) is 0 Å². The number of hydrogen-bond donors (Lipinski definition) is 3. The number of rotatable bonds is 4. The van der Waals surface area contributed by atoms with E-state index in [2.05, 4.69) is 13.5 Å². The molecule has 0 aromatic heterocycles. The van der Waals surface area contributed by atoms with Gasteiger partial charge in [-0.1, -0.05) is 6.08 Å². The molecule has 0 amide bonds. The van der Waals surface area contributed by atoms with Gasteiger partial charge in [-0.3, -0.25) is 0 Å². The van der Waals surface area contributed by atoms with Crippen LogP contribution in [0.1, 0.15) is 6.42 Å². The minimum absolute atomic E-state index is 0. The molecule has 0 spiro atoms. The zero-order valence-electron chi connectivity index (χ0n) is 9.36. The fraction of sp³-hybridized carbons (Fsp3) is 0.667. The zero-order chi connectivity index (χ0) is 11.5. The third-order valence-electron chi connectivity index (χ3n) is 0.524. The second-order valence-electron chi connectivity index (χ2n) is 1.22. The molecule has 88 valence electrons. The third kappa shape index (κ3) is 85.0. The van der Waals surface area contributed by atoms with Crippen LogP contribution in [0.25, 0.3) is 0 Å². The van der Waals surface area contributed by atoms with Crippen molar-refractivity contribution in [2.45, 2.75) is 6.42 Å². The van der Waals surface area contributed by atoms with E-state index >= 15 is 0 Å². The van der Waals surface area contributed by atoms with Crippen molar-refractivity contribution in [3.05, 3.63) is 19.6 Å². The van der Waals surface area contributed by atoms with Gasteiger partial charge in [0.05, 0.1) is 6.61 Å². The molecule has 0 aromatic carbocycles. The van der Waals surface area contributed by atoms with E-state index in [9.17, 15) is 0 Å². The van der Waals surface area contributed by atoms with Gasteiger partial charge in [0.15, 0.2) is 0 Å². The molecule has 14 heavy (non-hydrogen) atoms. The maximum absolute atomic E-state index is 7.00. The van der Waals surface area contributed by atoms with Crippen molar-refractivity contribution < 1.29 is 41.8 Å². The molecule has 0 saturated heterocycles. The Kier molecular flexibility index (Phi) is 150. The minimum atomic E-state index is 0. The Balaban J connectivity index is -0.0000000332. The Hall–Kier alpha value is 0.294. The van der Waals surface area contributed by atoms with E-state index < -0.39 is 0 Å². The Morgan fingerprint density at radius 2 is 1.50 bits per heavy atom. The molecule has 0 aromatic rings. The summed E-state index contributed by atoms with van der Waals surface area (Å²) in [5, 5.41) is 21.0. The monoisotopic (exact) mass is 243 g/mol. The summed E-state index contributed by atoms with van der Waals surface area (Å²) < 4.78 is 4.95. The van der Waals surface area contributed by atoms with Crippen LogP contribution in [0.5, 0.6) is 0 Å². The summed E-state index contributed by atoms with van der Waals surface area (Å²) in [5.74, 6) is 0. The quantitative estimate of drug-likeness (QED) is 0.286. The standard InChI is InChI=1S/C6H11O.3CH4O.Ti/c1-3-5-7-6-4-2;3*1-2;/h3H,1-2,4-6H2;3*2H,1H3;/q-1;;;;. The third-order valence-corrected chi connectivity index (χ3v) is 0.524. The molecular formula is C9H23O4Ti-. The van der Waals surface area contributed by atoms with Crippen LogP contribution >= 0.6 is 0 Å². The summed E-state index contributed by atoms with van der Waals surface area (Å²) in [4.78, 5) is 0. The minimum Gasteiger partial charge on any atom is -0.400 e. The maximum atomic E-state index is 7.00. The van der Waals surface area contributed by atoms with E-state index in [1.165, 1.54) is 0 Å². The second-order valence-corrected chi connectivity index (χ2v) is 1.22. The average Bonchev–Trinajstić information content (AvgIpc) is 2.27. The second kappa shape index (κ2) is 71.7. The number of hydrogen-bond acceptors (Lipinski definition) is 4. The van der Waals surface area contributed by atoms with Crippen molar-refractivity contribution in [3.8, 4) is 0 Å². The molecule has 4 nitrogen and oxygen atoms in total. The molecule has 0 aliphatic heterocycles. The first-order valence-electron chi connectivity index (χ1n) is 3.74. The SMILES string of the molecule is C=CCOCC[CH2-].CO.CO.CO.[Ti]. The van der Waals surface area contributed by atoms with Crippen LogP contribution in [-0.2, 0) is 26.5 Å². The van der Waals surface area contributed by atoms with E-state index in [0.717, 1.165) is 34.4 Å². The van der Waals surface area contributed by atoms with Gasteiger partial charge < -0.3 is 27.0 Å². The predicted molar refractivity (Wildman–Crippen MR) is 55.4 cm³/mol. The fourth-order valence-electron chi connectivity index (χ4n) is 0.269. The summed E-state index contributed by atoms with van der Waals surface area (Å²) in [7, 11) is 3.00. The first kappa shape index (κ1) is 29.2. The van der Waals surface area contributed by atoms with E-state index in [-0.39, 0.29) is 21.7 Å². The van der Waals surface area contributed by atoms with Crippen molar-refractivity contribution in [3.63, 3.8) is 0 Å². The molecule has 0 heterocycles. The van der Waals surface area contributed by atoms with Gasteiger partial charge in [-0.05, 0) is 0 Å². The first-order valence-corrected chi connectivity index (χ1v) is 3.74. The van der Waals surface area contributed by atoms with Gasteiger partial charge in [0.2, 0.25) is 0 Å². The molecule has 3 N–H and O–H groups in total. The average molecular weight is 243 g/mol. The molecule has 0 bridgehead atoms. The molecular weight excluding hydrogens is 220 g/mol. The summed E-state index contributed by atoms with van der Waals surface area (Å²) in [5.41, 5.74) is 0. The van der Waals surface area contributed by atoms with Gasteiger partial charge in [0.25, 0.3) is 0 Å². The summed E-state index contributed by atoms with van der Waals surface area (Å²) in [6.45, 7) is 8.48. The van der Waals surface area contributed by atoms with Crippen molar-refractivity contribution >= 4 is 0 Å². The summed E-state index contributed by atoms with van der Waals surface area (Å²) in [6.07, 6.45) is 2.57. The van der Waals surface area contributed by atoms with Gasteiger partial charge in [-0.15, -0.1) is 6.58 Å². The molecule has 5 heteroatoms. The first-order chi connectivity index (χ1) is 6.41. The zero-order valence-corrected chi connectivity index (χ0v) is 10.9. The van der Waals surface area contributed by atoms with E-state index in [1.54, 1.807) is 6.08 Å². The van der Waals surface area contributed by atoms with Crippen LogP contribution in [0.3, 0.4) is 0 Å². The van der Waals surface area contributed by atoms with Crippen molar-refractivity contribution in [2.24, 2.45) is 0 Å². The van der Waals surface area contributed by atoms with Crippen LogP contribution in [-0.4, -0.2) is 49.9 Å². The van der Waals surface area contributed by atoms with Gasteiger partial charge in [0.1, 0.15) is 0 Å². The smallest absolute Gasteiger partial charge is 0.0643 e. The van der Waals surface area contributed by atoms with Crippen LogP contribution in [0.15, 0.2) is 12.7 Å². The Morgan fingerprint density at radius 1 is 1.14 bits per heavy atom. The maximum Gasteiger partial charge on any atom is 0.0643 e. The number of aliphatic hydroxyl groups is 3. The molecule has 0 aliphatic rings. The van der Waals surface area contributed by atoms with Crippen molar-refractivity contribution in [1.82, 2.24) is 0 Å². The fourth-order valence-corrected chi connectivity index (χ4v) is 0.269. The molecule has 0 aliphatic carbocycles. The Labute approximate surface area is 102 Å². The molecule has 0 rings (SSSR count). The van der Waals surface area contributed by atoms with Gasteiger partial charge >= 0.3 is 0 Å². The van der Waals surface area contributed by atoms with Crippen LogP contribution in [0, 0.1) is 6.92 Å². The van der Waals surface area contributed by atoms with E-state index in [1.807, 2.05) is 0 Å². The molecule has 0 atom stereocenters. The van der Waals surface area contributed by atoms with Crippen LogP contribution in [0.4, 0.5) is 0 Å². The number of ether oxygens (including phenoxy) is 1.